The Morgan fingerprint density at radius 1 is 0.929 bits per heavy atom. The number of aryl methyl sites for hydroxylation is 1. The minimum atomic E-state index is -4.13. The van der Waals surface area contributed by atoms with Crippen LogP contribution in [0.1, 0.15) is 108 Å². The van der Waals surface area contributed by atoms with Crippen LogP contribution in [0.4, 0.5) is 11.8 Å². The Bertz CT molecular complexity index is 1690. The standard InChI is InChI=1S/C40H64N9O6P/c41-36(38(51)16-8-27-56(52,53)54)18-17-33(50)12-7-24-49-25-19-31(20-26-49)45-39-35-14-4-5-15-37(35)46-40(47-39)44-29-32-28-34(55-48-32)13-6-21-42-22-9-23-43-30-10-2-1-3-11-30/h4-5,14-15,28,30-31,36,42-43H,1-3,6-13,16-27,29,41H2,(H2,52,53,54)(H2,44,45,46,47)/t36-/m0/s1. The van der Waals surface area contributed by atoms with Crippen molar-refractivity contribution in [1.82, 2.24) is 30.7 Å². The lowest BCUT2D eigenvalue weighted by molar-refractivity contribution is -0.121. The highest BCUT2D eigenvalue weighted by molar-refractivity contribution is 7.51. The molecule has 15 nitrogen and oxygen atoms in total. The number of Topliss-reactive ketones (excluding diaryl/α,β-unsaturated/α-hetero) is 2. The number of nitrogens with zero attached hydrogens (tertiary/aromatic N) is 4. The number of aromatic nitrogens is 3. The predicted molar refractivity (Wildman–Crippen MR) is 220 cm³/mol. The maximum Gasteiger partial charge on any atom is 0.325 e. The van der Waals surface area contributed by atoms with Crippen LogP contribution in [0.3, 0.4) is 0 Å². The van der Waals surface area contributed by atoms with Crippen LogP contribution in [0.25, 0.3) is 10.9 Å². The third-order valence-electron chi connectivity index (χ3n) is 10.9. The number of nitrogens with two attached hydrogens (primary N) is 1. The molecule has 1 aliphatic heterocycles. The van der Waals surface area contributed by atoms with Crippen molar-refractivity contribution in [2.75, 3.05) is 56.1 Å². The van der Waals surface area contributed by atoms with Crippen molar-refractivity contribution >= 4 is 41.8 Å². The second-order valence-electron chi connectivity index (χ2n) is 15.6. The number of ketones is 2. The van der Waals surface area contributed by atoms with E-state index in [9.17, 15) is 14.2 Å². The van der Waals surface area contributed by atoms with Gasteiger partial charge in [-0.25, -0.2) is 4.98 Å². The molecule has 8 N–H and O–H groups in total. The van der Waals surface area contributed by atoms with Crippen molar-refractivity contribution in [3.8, 4) is 0 Å². The number of carbonyl (C=O) groups excluding carboxylic acids is 2. The molecule has 0 bridgehead atoms. The van der Waals surface area contributed by atoms with Crippen LogP contribution in [0.15, 0.2) is 34.9 Å². The second-order valence-corrected chi connectivity index (χ2v) is 17.3. The van der Waals surface area contributed by atoms with Gasteiger partial charge in [-0.15, -0.1) is 0 Å². The zero-order chi connectivity index (χ0) is 39.6. The Hall–Kier alpha value is -3.30. The molecule has 1 aromatic carbocycles. The lowest BCUT2D eigenvalue weighted by Gasteiger charge is -2.32. The summed E-state index contributed by atoms with van der Waals surface area (Å²) >= 11 is 0. The number of carbonyl (C=O) groups is 2. The molecule has 0 unspecified atom stereocenters. The predicted octanol–water partition coefficient (Wildman–Crippen LogP) is 4.92. The highest BCUT2D eigenvalue weighted by Crippen LogP contribution is 2.35. The molecule has 2 aromatic heterocycles. The highest BCUT2D eigenvalue weighted by atomic mass is 31.2. The lowest BCUT2D eigenvalue weighted by Crippen LogP contribution is -2.39. The molecule has 1 saturated heterocycles. The number of likely N-dealkylation sites (tertiary alicyclic amines) is 1. The quantitative estimate of drug-likeness (QED) is 0.0423. The topological polar surface area (TPSA) is 221 Å². The monoisotopic (exact) mass is 797 g/mol. The molecule has 5 rings (SSSR count). The number of para-hydroxylation sites is 1. The van der Waals surface area contributed by atoms with Crippen LogP contribution in [0.2, 0.25) is 0 Å². The van der Waals surface area contributed by atoms with Gasteiger partial charge in [0.1, 0.15) is 28.8 Å². The molecule has 56 heavy (non-hydrogen) atoms. The molecule has 0 spiro atoms. The van der Waals surface area contributed by atoms with E-state index in [2.05, 4.69) is 31.3 Å². The number of fused-ring (bicyclic) bond motifs is 1. The van der Waals surface area contributed by atoms with Gasteiger partial charge in [-0.1, -0.05) is 36.6 Å². The van der Waals surface area contributed by atoms with Gasteiger partial charge in [-0.2, -0.15) is 4.98 Å². The summed E-state index contributed by atoms with van der Waals surface area (Å²) in [6, 6.07) is 10.2. The van der Waals surface area contributed by atoms with E-state index in [1.165, 1.54) is 32.1 Å². The van der Waals surface area contributed by atoms with Gasteiger partial charge in [0.15, 0.2) is 0 Å². The first-order valence-electron chi connectivity index (χ1n) is 20.8. The number of piperidine rings is 1. The first-order chi connectivity index (χ1) is 27.1. The molecule has 2 aliphatic rings. The average Bonchev–Trinajstić information content (AvgIpc) is 3.65. The molecule has 1 aliphatic carbocycles. The maximum absolute atomic E-state index is 12.5. The smallest absolute Gasteiger partial charge is 0.325 e. The molecule has 16 heteroatoms. The van der Waals surface area contributed by atoms with Crippen LogP contribution in [-0.2, 0) is 27.1 Å². The minimum absolute atomic E-state index is 0.0127. The summed E-state index contributed by atoms with van der Waals surface area (Å²) in [6.45, 7) is 6.18. The van der Waals surface area contributed by atoms with Gasteiger partial charge >= 0.3 is 7.60 Å². The largest absolute Gasteiger partial charge is 0.367 e. The van der Waals surface area contributed by atoms with Crippen LogP contribution >= 0.6 is 7.60 Å². The molecule has 1 saturated carbocycles. The van der Waals surface area contributed by atoms with Gasteiger partial charge in [0.05, 0.1) is 24.3 Å². The molecule has 0 amide bonds. The number of hydrogen-bond donors (Lipinski definition) is 7. The number of benzene rings is 1. The van der Waals surface area contributed by atoms with Gasteiger partial charge in [0, 0.05) is 62.3 Å². The van der Waals surface area contributed by atoms with Crippen molar-refractivity contribution in [3.63, 3.8) is 0 Å². The summed E-state index contributed by atoms with van der Waals surface area (Å²) in [7, 11) is -4.13. The van der Waals surface area contributed by atoms with Gasteiger partial charge in [0.2, 0.25) is 5.95 Å². The highest BCUT2D eigenvalue weighted by Gasteiger charge is 2.22. The number of nitrogens with one attached hydrogen (secondary N) is 4. The van der Waals surface area contributed by atoms with E-state index < -0.39 is 13.6 Å². The van der Waals surface area contributed by atoms with Crippen molar-refractivity contribution < 1.29 is 28.5 Å². The third kappa shape index (κ3) is 15.9. The maximum atomic E-state index is 12.5. The fourth-order valence-electron chi connectivity index (χ4n) is 7.57. The number of anilines is 2. The van der Waals surface area contributed by atoms with Crippen molar-refractivity contribution in [3.05, 3.63) is 41.8 Å². The minimum Gasteiger partial charge on any atom is -0.367 e. The summed E-state index contributed by atoms with van der Waals surface area (Å²) in [5, 5.41) is 19.5. The second kappa shape index (κ2) is 23.2. The Kier molecular flexibility index (Phi) is 18.1. The molecule has 2 fully saturated rings. The Morgan fingerprint density at radius 2 is 1.71 bits per heavy atom. The Balaban J connectivity index is 0.967. The Morgan fingerprint density at radius 3 is 2.52 bits per heavy atom. The third-order valence-corrected chi connectivity index (χ3v) is 11.8. The van der Waals surface area contributed by atoms with E-state index >= 15 is 0 Å². The summed E-state index contributed by atoms with van der Waals surface area (Å²) in [4.78, 5) is 54.5. The van der Waals surface area contributed by atoms with Gasteiger partial charge in [0.25, 0.3) is 0 Å². The van der Waals surface area contributed by atoms with Crippen molar-refractivity contribution in [2.45, 2.75) is 127 Å². The molecule has 3 aromatic rings. The fraction of sp³-hybridized carbons (Fsp3) is 0.675. The van der Waals surface area contributed by atoms with Crippen LogP contribution in [-0.4, -0.2) is 105 Å². The zero-order valence-electron chi connectivity index (χ0n) is 32.9. The first-order valence-corrected chi connectivity index (χ1v) is 22.6. The molecule has 310 valence electrons. The van der Waals surface area contributed by atoms with Gasteiger partial charge in [-0.3, -0.25) is 14.2 Å². The zero-order valence-corrected chi connectivity index (χ0v) is 33.8. The van der Waals surface area contributed by atoms with E-state index in [1.54, 1.807) is 0 Å². The summed E-state index contributed by atoms with van der Waals surface area (Å²) in [6.07, 6.45) is 13.1. The summed E-state index contributed by atoms with van der Waals surface area (Å²) in [5.74, 6) is 2.04. The van der Waals surface area contributed by atoms with E-state index in [0.29, 0.717) is 18.9 Å². The van der Waals surface area contributed by atoms with Crippen LogP contribution in [0.5, 0.6) is 0 Å². The SMILES string of the molecule is N[C@@H](CCC(=O)CCCN1CCC(Nc2nc(NCc3cc(CCCNCCCNC4CCCCC4)on3)nc3ccccc23)CC1)C(=O)CCCP(=O)(O)O. The van der Waals surface area contributed by atoms with E-state index in [-0.39, 0.29) is 49.5 Å². The van der Waals surface area contributed by atoms with Crippen LogP contribution in [0, 0.1) is 0 Å². The molecule has 1 atom stereocenters. The first kappa shape index (κ1) is 43.8. The molecule has 0 radical (unpaired) electrons. The van der Waals surface area contributed by atoms with E-state index in [4.69, 9.17) is 30.0 Å². The van der Waals surface area contributed by atoms with Crippen LogP contribution < -0.4 is 27.0 Å². The average molecular weight is 798 g/mol. The lowest BCUT2D eigenvalue weighted by atomic mass is 9.95. The Labute approximate surface area is 331 Å². The normalized spacial score (nSPS) is 16.6. The summed E-state index contributed by atoms with van der Waals surface area (Å²) in [5.41, 5.74) is 7.59. The molecular formula is C40H64N9O6P. The number of rotatable bonds is 26. The molecular weight excluding hydrogens is 733 g/mol. The number of hydrogen-bond acceptors (Lipinski definition) is 13. The summed E-state index contributed by atoms with van der Waals surface area (Å²) < 4.78 is 16.6. The van der Waals surface area contributed by atoms with Gasteiger partial charge < -0.3 is 46.2 Å². The van der Waals surface area contributed by atoms with E-state index in [1.807, 2.05) is 30.3 Å². The van der Waals surface area contributed by atoms with E-state index in [0.717, 1.165) is 112 Å². The molecule has 3 heterocycles. The van der Waals surface area contributed by atoms with Crippen molar-refractivity contribution in [1.29, 1.82) is 0 Å². The fourth-order valence-corrected chi connectivity index (χ4v) is 8.14. The van der Waals surface area contributed by atoms with Crippen molar-refractivity contribution in [2.24, 2.45) is 5.73 Å². The van der Waals surface area contributed by atoms with Gasteiger partial charge in [-0.05, 0) is 96.1 Å².